The molecule has 1 saturated carbocycles. The van der Waals surface area contributed by atoms with Crippen molar-refractivity contribution in [2.45, 2.75) is 36.7 Å². The third-order valence-electron chi connectivity index (χ3n) is 12.9. The lowest BCUT2D eigenvalue weighted by Gasteiger charge is -2.53. The van der Waals surface area contributed by atoms with E-state index in [1.54, 1.807) is 56.4 Å². The largest absolute Gasteiger partial charge is 0.508 e. The van der Waals surface area contributed by atoms with Crippen LogP contribution in [-0.2, 0) is 19.2 Å². The van der Waals surface area contributed by atoms with Crippen molar-refractivity contribution >= 4 is 51.8 Å². The number of ether oxygens (including phenoxy) is 4. The van der Waals surface area contributed by atoms with Crippen molar-refractivity contribution in [2.24, 2.45) is 17.6 Å². The first-order chi connectivity index (χ1) is 30.9. The highest BCUT2D eigenvalue weighted by Gasteiger charge is 2.68. The molecule has 3 heterocycles. The number of aliphatic hydroxyl groups is 4. The molecular weight excluding hydrogens is 863 g/mol. The van der Waals surface area contributed by atoms with Gasteiger partial charge in [-0.05, 0) is 49.8 Å². The zero-order valence-electron chi connectivity index (χ0n) is 36.6. The minimum absolute atomic E-state index is 0. The molecule has 7 atom stereocenters. The smallest absolute Gasteiger partial charge is 0.267 e. The number of nitrogens with two attached hydrogens (primary N) is 2. The van der Waals surface area contributed by atoms with Gasteiger partial charge in [0.1, 0.15) is 35.3 Å². The number of aliphatic hydroxyl groups excluding tert-OH is 3. The third kappa shape index (κ3) is 7.38. The maximum Gasteiger partial charge on any atom is 0.267 e. The van der Waals surface area contributed by atoms with Crippen molar-refractivity contribution in [3.63, 3.8) is 0 Å². The number of carbonyl (C=O) groups is 4. The number of amides is 2. The molecule has 350 valence electrons. The van der Waals surface area contributed by atoms with Gasteiger partial charge in [-0.2, -0.15) is 4.98 Å². The number of nitrogen functional groups attached to an aromatic ring is 1. The summed E-state index contributed by atoms with van der Waals surface area (Å²) >= 11 is 0. The number of piperazine rings is 1. The van der Waals surface area contributed by atoms with Gasteiger partial charge in [0.15, 0.2) is 34.4 Å². The van der Waals surface area contributed by atoms with Gasteiger partial charge in [-0.1, -0.05) is 31.2 Å². The predicted octanol–water partition coefficient (Wildman–Crippen LogP) is 0.389. The average molecular weight is 914 g/mol. The van der Waals surface area contributed by atoms with Crippen molar-refractivity contribution < 1.29 is 69.1 Å². The van der Waals surface area contributed by atoms with E-state index in [1.807, 2.05) is 23.1 Å². The Labute approximate surface area is 377 Å². The van der Waals surface area contributed by atoms with Gasteiger partial charge in [0.05, 0.1) is 43.4 Å². The molecule has 0 spiro atoms. The summed E-state index contributed by atoms with van der Waals surface area (Å²) in [4.78, 5) is 65.9. The molecule has 0 bridgehead atoms. The number of aromatic hydroxyl groups is 1. The topological polar surface area (TPSA) is 325 Å². The molecule has 3 aliphatic carbocycles. The molecular formula is C45H51N7O14. The first-order valence-corrected chi connectivity index (χ1v) is 20.7. The number of hydrogen-bond acceptors (Lipinski definition) is 18. The molecule has 4 aromatic rings. The van der Waals surface area contributed by atoms with Crippen LogP contribution < -0.4 is 35.3 Å². The fourth-order valence-corrected chi connectivity index (χ4v) is 9.66. The Morgan fingerprint density at radius 2 is 1.59 bits per heavy atom. The van der Waals surface area contributed by atoms with Crippen LogP contribution in [0.4, 0.5) is 11.8 Å². The van der Waals surface area contributed by atoms with Crippen molar-refractivity contribution in [2.75, 3.05) is 71.7 Å². The number of methoxy groups -OCH3 is 2. The minimum atomic E-state index is -2.89. The fraction of sp³-hybridized carbons (Fsp3) is 0.378. The van der Waals surface area contributed by atoms with Crippen molar-refractivity contribution in [3.05, 3.63) is 82.6 Å². The number of phenols is 1. The summed E-state index contributed by atoms with van der Waals surface area (Å²) < 4.78 is 22.3. The molecule has 9 rings (SSSR count). The standard InChI is InChI=1S/C23H25N5O5.C22H24N2O8.H2O/c1-30-18-11-14-15(12-19(18)31-2)25-23(26-21(14)24)28-9-7-27(8-10-28)22(29)20-13-32-16-5-3-4-6-17(16)33-20;1-7-8-5-4-6-9(25)11(8)16(26)12-10(7)17(27)14-15(24(2)3)18(28)13(21(23)31)20(30)22(14,32)19(12)29;/h3-6,11-12,20H,7-10,13H2,1-2H3,(H2,24,25,26);4-7,10,14-15,17,25-27,30,32H,1-3H3,(H2,23,31);1H2/t;7-,10+,14+,15-,17-,22-;/m.0./s1. The van der Waals surface area contributed by atoms with Gasteiger partial charge in [0, 0.05) is 49.1 Å². The highest BCUT2D eigenvalue weighted by atomic mass is 16.6. The van der Waals surface area contributed by atoms with Crippen LogP contribution in [0.1, 0.15) is 24.0 Å². The Balaban J connectivity index is 0.000000194. The molecule has 2 aliphatic heterocycles. The molecule has 3 aromatic carbocycles. The van der Waals surface area contributed by atoms with E-state index < -0.39 is 81.7 Å². The Kier molecular flexibility index (Phi) is 12.5. The van der Waals surface area contributed by atoms with E-state index in [0.717, 1.165) is 0 Å². The van der Waals surface area contributed by atoms with Crippen LogP contribution in [0.5, 0.6) is 28.7 Å². The minimum Gasteiger partial charge on any atom is -0.508 e. The molecule has 21 nitrogen and oxygen atoms in total. The number of benzene rings is 3. The summed E-state index contributed by atoms with van der Waals surface area (Å²) in [5.41, 5.74) is 8.36. The predicted molar refractivity (Wildman–Crippen MR) is 236 cm³/mol. The van der Waals surface area contributed by atoms with Crippen LogP contribution in [0.25, 0.3) is 16.7 Å². The van der Waals surface area contributed by atoms with Gasteiger partial charge in [-0.15, -0.1) is 0 Å². The van der Waals surface area contributed by atoms with Crippen molar-refractivity contribution in [1.29, 1.82) is 0 Å². The molecule has 1 saturated heterocycles. The number of Topliss-reactive ketones (excluding diaryl/α,β-unsaturated/α-hetero) is 2. The molecule has 1 unspecified atom stereocenters. The van der Waals surface area contributed by atoms with Gasteiger partial charge in [-0.3, -0.25) is 24.1 Å². The number of aromatic nitrogens is 2. The Hall–Kier alpha value is -7.20. The number of carbonyl (C=O) groups excluding carboxylic acids is 4. The maximum atomic E-state index is 13.7. The molecule has 2 amide bonds. The average Bonchev–Trinajstić information content (AvgIpc) is 3.29. The van der Waals surface area contributed by atoms with E-state index in [2.05, 4.69) is 9.97 Å². The lowest BCUT2D eigenvalue weighted by Crippen LogP contribution is -2.70. The molecule has 1 aromatic heterocycles. The quantitative estimate of drug-likeness (QED) is 0.129. The molecule has 21 heteroatoms. The second-order valence-electron chi connectivity index (χ2n) is 16.6. The number of anilines is 2. The van der Waals surface area contributed by atoms with Crippen LogP contribution in [-0.4, -0.2) is 159 Å². The van der Waals surface area contributed by atoms with Crippen LogP contribution in [0.2, 0.25) is 0 Å². The number of rotatable bonds is 6. The highest BCUT2D eigenvalue weighted by Crippen LogP contribution is 2.56. The number of likely N-dealkylation sites (N-methyl/N-ethyl adjacent to an activating group) is 1. The van der Waals surface area contributed by atoms with Gasteiger partial charge >= 0.3 is 0 Å². The summed E-state index contributed by atoms with van der Waals surface area (Å²) in [7, 11) is 6.06. The molecule has 11 N–H and O–H groups in total. The normalized spacial score (nSPS) is 25.5. The second-order valence-corrected chi connectivity index (χ2v) is 16.6. The SMILES string of the molecule is COc1cc2nc(N3CCN(C(=O)C4COc5ccccc5O4)CC3)nc(N)c2cc1OC.C[C@H]1c2cccc(O)c2C(O)=C2C(=O)[C@]3(O)C(O)=C(C(N)=O)C(=O)[C@@H](N(C)C)[C@@H]3[C@@H](O)[C@@H]21.O. The summed E-state index contributed by atoms with van der Waals surface area (Å²) in [6.07, 6.45) is -2.24. The summed E-state index contributed by atoms with van der Waals surface area (Å²) in [5, 5.41) is 55.6. The van der Waals surface area contributed by atoms with E-state index >= 15 is 0 Å². The Morgan fingerprint density at radius 1 is 0.939 bits per heavy atom. The number of ketones is 2. The first kappa shape index (κ1) is 46.8. The maximum absolute atomic E-state index is 13.7. The Bertz CT molecular complexity index is 2700. The number of nitrogens with zero attached hydrogens (tertiary/aromatic N) is 5. The summed E-state index contributed by atoms with van der Waals surface area (Å²) in [5.74, 6) is -5.68. The molecule has 2 fully saturated rings. The van der Waals surface area contributed by atoms with Crippen LogP contribution >= 0.6 is 0 Å². The molecule has 5 aliphatic rings. The van der Waals surface area contributed by atoms with E-state index in [1.165, 1.54) is 25.1 Å². The van der Waals surface area contributed by atoms with Gasteiger partial charge in [-0.25, -0.2) is 4.98 Å². The Morgan fingerprint density at radius 3 is 2.23 bits per heavy atom. The van der Waals surface area contributed by atoms with E-state index in [4.69, 9.17) is 30.4 Å². The zero-order valence-corrected chi connectivity index (χ0v) is 36.6. The van der Waals surface area contributed by atoms with Crippen LogP contribution in [0.3, 0.4) is 0 Å². The molecule has 66 heavy (non-hydrogen) atoms. The fourth-order valence-electron chi connectivity index (χ4n) is 9.66. The number of fused-ring (bicyclic) bond motifs is 5. The monoisotopic (exact) mass is 913 g/mol. The second kappa shape index (κ2) is 17.6. The number of primary amides is 1. The van der Waals surface area contributed by atoms with Crippen molar-refractivity contribution in [1.82, 2.24) is 19.8 Å². The number of hydrogen-bond donors (Lipinski definition) is 7. The van der Waals surface area contributed by atoms with Gasteiger partial charge < -0.3 is 71.2 Å². The summed E-state index contributed by atoms with van der Waals surface area (Å²) in [6, 6.07) is 14.1. The highest BCUT2D eigenvalue weighted by molar-refractivity contribution is 6.24. The van der Waals surface area contributed by atoms with Gasteiger partial charge in [0.25, 0.3) is 11.8 Å². The van der Waals surface area contributed by atoms with E-state index in [-0.39, 0.29) is 29.3 Å². The van der Waals surface area contributed by atoms with Crippen LogP contribution in [0.15, 0.2) is 71.5 Å². The van der Waals surface area contributed by atoms with E-state index in [0.29, 0.717) is 77.4 Å². The molecule has 0 radical (unpaired) electrons. The number of para-hydroxylation sites is 2. The van der Waals surface area contributed by atoms with E-state index in [9.17, 15) is 44.7 Å². The lowest BCUT2D eigenvalue weighted by molar-refractivity contribution is -0.169. The zero-order chi connectivity index (χ0) is 46.8. The third-order valence-corrected chi connectivity index (χ3v) is 12.9. The van der Waals surface area contributed by atoms with Crippen LogP contribution in [0, 0.1) is 11.8 Å². The first-order valence-electron chi connectivity index (χ1n) is 20.7. The van der Waals surface area contributed by atoms with Gasteiger partial charge in [0.2, 0.25) is 17.8 Å². The number of phenolic OH excluding ortho intramolecular Hbond substituents is 1. The summed E-state index contributed by atoms with van der Waals surface area (Å²) in [6.45, 7) is 4.07. The lowest BCUT2D eigenvalue weighted by atomic mass is 9.54. The van der Waals surface area contributed by atoms with Crippen molar-refractivity contribution in [3.8, 4) is 28.7 Å².